The van der Waals surface area contributed by atoms with Crippen LogP contribution < -0.4 is 5.73 Å². The largest absolute Gasteiger partial charge is 0.444 e. The molecule has 0 aromatic rings. The second-order valence-corrected chi connectivity index (χ2v) is 5.76. The van der Waals surface area contributed by atoms with E-state index in [1.807, 2.05) is 20.8 Å². The van der Waals surface area contributed by atoms with Crippen molar-refractivity contribution in [1.29, 1.82) is 0 Å². The monoisotopic (exact) mass is 244 g/mol. The van der Waals surface area contributed by atoms with Crippen molar-refractivity contribution in [2.24, 2.45) is 5.73 Å². The van der Waals surface area contributed by atoms with Crippen molar-refractivity contribution in [3.63, 3.8) is 0 Å². The van der Waals surface area contributed by atoms with E-state index in [9.17, 15) is 4.79 Å². The van der Waals surface area contributed by atoms with E-state index in [-0.39, 0.29) is 11.6 Å². The summed E-state index contributed by atoms with van der Waals surface area (Å²) in [5.41, 5.74) is 5.41. The Balaban J connectivity index is 2.44. The van der Waals surface area contributed by atoms with Crippen molar-refractivity contribution in [1.82, 2.24) is 4.90 Å². The first-order chi connectivity index (χ1) is 7.76. The zero-order chi connectivity index (χ0) is 13.1. The number of carbonyl (C=O) groups excluding carboxylic acids is 1. The van der Waals surface area contributed by atoms with Crippen molar-refractivity contribution in [3.05, 3.63) is 0 Å². The van der Waals surface area contributed by atoms with Gasteiger partial charge in [0.15, 0.2) is 0 Å². The number of carbonyl (C=O) groups is 1. The van der Waals surface area contributed by atoms with E-state index in [1.165, 1.54) is 0 Å². The summed E-state index contributed by atoms with van der Waals surface area (Å²) in [6, 6.07) is 0. The van der Waals surface area contributed by atoms with Crippen LogP contribution in [0.15, 0.2) is 0 Å². The van der Waals surface area contributed by atoms with Gasteiger partial charge in [-0.05, 0) is 33.6 Å². The third-order valence-corrected chi connectivity index (χ3v) is 2.84. The van der Waals surface area contributed by atoms with Crippen molar-refractivity contribution < 1.29 is 14.3 Å². The highest BCUT2D eigenvalue weighted by molar-refractivity contribution is 5.68. The van der Waals surface area contributed by atoms with E-state index in [2.05, 4.69) is 0 Å². The van der Waals surface area contributed by atoms with Gasteiger partial charge in [-0.2, -0.15) is 0 Å². The van der Waals surface area contributed by atoms with Gasteiger partial charge in [0.2, 0.25) is 0 Å². The zero-order valence-electron chi connectivity index (χ0n) is 11.3. The second-order valence-electron chi connectivity index (χ2n) is 5.76. The lowest BCUT2D eigenvalue weighted by molar-refractivity contribution is 0.0110. The Morgan fingerprint density at radius 1 is 1.35 bits per heavy atom. The Morgan fingerprint density at radius 2 is 1.88 bits per heavy atom. The van der Waals surface area contributed by atoms with Crippen LogP contribution in [-0.2, 0) is 9.47 Å². The van der Waals surface area contributed by atoms with Crippen molar-refractivity contribution in [2.45, 2.75) is 44.8 Å². The number of rotatable bonds is 2. The molecule has 0 radical (unpaired) electrons. The lowest BCUT2D eigenvalue weighted by atomic mass is 9.90. The number of piperidine rings is 1. The molecule has 0 aromatic heterocycles. The lowest BCUT2D eigenvalue weighted by Gasteiger charge is -2.39. The highest BCUT2D eigenvalue weighted by atomic mass is 16.6. The van der Waals surface area contributed by atoms with Crippen LogP contribution in [0.3, 0.4) is 0 Å². The average molecular weight is 244 g/mol. The maximum atomic E-state index is 11.8. The molecule has 2 N–H and O–H groups in total. The number of hydrogen-bond acceptors (Lipinski definition) is 4. The minimum Gasteiger partial charge on any atom is -0.444 e. The molecule has 0 spiro atoms. The number of ether oxygens (including phenoxy) is 2. The molecular formula is C12H24N2O3. The van der Waals surface area contributed by atoms with Crippen LogP contribution in [0.1, 0.15) is 33.6 Å². The first-order valence-electron chi connectivity index (χ1n) is 6.01. The summed E-state index contributed by atoms with van der Waals surface area (Å²) in [7, 11) is 1.65. The SMILES string of the molecule is COCC1(N)CCN(C(=O)OC(C)(C)C)CC1. The van der Waals surface area contributed by atoms with Gasteiger partial charge in [-0.15, -0.1) is 0 Å². The highest BCUT2D eigenvalue weighted by Gasteiger charge is 2.33. The van der Waals surface area contributed by atoms with E-state index in [0.29, 0.717) is 19.7 Å². The molecule has 17 heavy (non-hydrogen) atoms. The fraction of sp³-hybridized carbons (Fsp3) is 0.917. The smallest absolute Gasteiger partial charge is 0.410 e. The lowest BCUT2D eigenvalue weighted by Crippen LogP contribution is -2.54. The highest BCUT2D eigenvalue weighted by Crippen LogP contribution is 2.21. The summed E-state index contributed by atoms with van der Waals surface area (Å²) < 4.78 is 10.4. The van der Waals surface area contributed by atoms with Crippen molar-refractivity contribution >= 4 is 6.09 Å². The number of nitrogens with two attached hydrogens (primary N) is 1. The Hall–Kier alpha value is -0.810. The molecule has 0 saturated carbocycles. The zero-order valence-corrected chi connectivity index (χ0v) is 11.3. The van der Waals surface area contributed by atoms with Crippen LogP contribution in [0.5, 0.6) is 0 Å². The van der Waals surface area contributed by atoms with Crippen LogP contribution in [-0.4, -0.2) is 48.9 Å². The van der Waals surface area contributed by atoms with Crippen LogP contribution >= 0.6 is 0 Å². The summed E-state index contributed by atoms with van der Waals surface area (Å²) in [5.74, 6) is 0. The predicted octanol–water partition coefficient (Wildman–Crippen LogP) is 1.36. The van der Waals surface area contributed by atoms with E-state index in [4.69, 9.17) is 15.2 Å². The van der Waals surface area contributed by atoms with E-state index in [1.54, 1.807) is 12.0 Å². The van der Waals surface area contributed by atoms with Crippen molar-refractivity contribution in [3.8, 4) is 0 Å². The van der Waals surface area contributed by atoms with E-state index in [0.717, 1.165) is 12.8 Å². The third-order valence-electron chi connectivity index (χ3n) is 2.84. The quantitative estimate of drug-likeness (QED) is 0.796. The molecule has 0 aliphatic carbocycles. The van der Waals surface area contributed by atoms with Gasteiger partial charge >= 0.3 is 6.09 Å². The molecule has 100 valence electrons. The predicted molar refractivity (Wildman–Crippen MR) is 65.8 cm³/mol. The van der Waals surface area contributed by atoms with Gasteiger partial charge in [0.25, 0.3) is 0 Å². The first kappa shape index (κ1) is 14.3. The van der Waals surface area contributed by atoms with Gasteiger partial charge in [0.05, 0.1) is 6.61 Å². The Labute approximate surface area is 103 Å². The molecule has 1 saturated heterocycles. The van der Waals surface area contributed by atoms with E-state index >= 15 is 0 Å². The molecule has 5 nitrogen and oxygen atoms in total. The molecule has 1 rings (SSSR count). The fourth-order valence-corrected chi connectivity index (χ4v) is 1.89. The molecule has 1 aliphatic rings. The molecule has 1 fully saturated rings. The number of hydrogen-bond donors (Lipinski definition) is 1. The number of nitrogens with zero attached hydrogens (tertiary/aromatic N) is 1. The number of methoxy groups -OCH3 is 1. The van der Waals surface area contributed by atoms with Crippen molar-refractivity contribution in [2.75, 3.05) is 26.8 Å². The normalized spacial score (nSPS) is 20.2. The Kier molecular flexibility index (Phi) is 4.38. The third kappa shape index (κ3) is 4.52. The number of amides is 1. The van der Waals surface area contributed by atoms with Gasteiger partial charge in [0.1, 0.15) is 5.60 Å². The number of likely N-dealkylation sites (tertiary alicyclic amines) is 1. The average Bonchev–Trinajstić information content (AvgIpc) is 2.15. The first-order valence-corrected chi connectivity index (χ1v) is 6.01. The summed E-state index contributed by atoms with van der Waals surface area (Å²) in [6.45, 7) is 7.41. The van der Waals surface area contributed by atoms with Crippen LogP contribution in [0, 0.1) is 0 Å². The molecule has 0 atom stereocenters. The molecule has 1 aliphatic heterocycles. The molecule has 1 heterocycles. The van der Waals surface area contributed by atoms with Gasteiger partial charge < -0.3 is 20.1 Å². The molecule has 1 amide bonds. The summed E-state index contributed by atoms with van der Waals surface area (Å²) in [5, 5.41) is 0. The fourth-order valence-electron chi connectivity index (χ4n) is 1.89. The van der Waals surface area contributed by atoms with Gasteiger partial charge in [-0.3, -0.25) is 0 Å². The minimum atomic E-state index is -0.444. The molecule has 5 heteroatoms. The molecule has 0 aromatic carbocycles. The Bertz CT molecular complexity index is 265. The molecular weight excluding hydrogens is 220 g/mol. The maximum absolute atomic E-state index is 11.8. The van der Waals surface area contributed by atoms with Gasteiger partial charge in [-0.25, -0.2) is 4.79 Å². The van der Waals surface area contributed by atoms with Gasteiger partial charge in [0, 0.05) is 25.7 Å². The topological polar surface area (TPSA) is 64.8 Å². The maximum Gasteiger partial charge on any atom is 0.410 e. The summed E-state index contributed by atoms with van der Waals surface area (Å²) >= 11 is 0. The summed E-state index contributed by atoms with van der Waals surface area (Å²) in [4.78, 5) is 13.5. The minimum absolute atomic E-state index is 0.253. The van der Waals surface area contributed by atoms with E-state index < -0.39 is 5.60 Å². The molecule has 0 bridgehead atoms. The van der Waals surface area contributed by atoms with Gasteiger partial charge in [-0.1, -0.05) is 0 Å². The second kappa shape index (κ2) is 5.23. The Morgan fingerprint density at radius 3 is 2.29 bits per heavy atom. The van der Waals surface area contributed by atoms with Crippen LogP contribution in [0.4, 0.5) is 4.79 Å². The summed E-state index contributed by atoms with van der Waals surface area (Å²) in [6.07, 6.45) is 1.25. The van der Waals surface area contributed by atoms with Crippen LogP contribution in [0.2, 0.25) is 0 Å². The molecule has 0 unspecified atom stereocenters. The standard InChI is InChI=1S/C12H24N2O3/c1-11(2,3)17-10(15)14-7-5-12(13,6-8-14)9-16-4/h5-9,13H2,1-4H3. The van der Waals surface area contributed by atoms with Crippen LogP contribution in [0.25, 0.3) is 0 Å².